The number of para-hydroxylation sites is 3. The van der Waals surface area contributed by atoms with Crippen LogP contribution in [0.25, 0.3) is 44.5 Å². The highest BCUT2D eigenvalue weighted by Crippen LogP contribution is 2.49. The molecule has 0 fully saturated rings. The van der Waals surface area contributed by atoms with E-state index in [1.807, 2.05) is 0 Å². The van der Waals surface area contributed by atoms with E-state index in [0.29, 0.717) is 0 Å². The largest absolute Gasteiger partial charge is 0.311 e. The minimum Gasteiger partial charge on any atom is -0.311 e. The first-order valence-electron chi connectivity index (χ1n) is 21.0. The fourth-order valence-electron chi connectivity index (χ4n) is 10.2. The molecule has 0 amide bonds. The van der Waals surface area contributed by atoms with Gasteiger partial charge in [0.25, 0.3) is 6.71 Å². The Balaban J connectivity index is 1.27. The first-order chi connectivity index (χ1) is 29.5. The molecule has 11 rings (SSSR count). The van der Waals surface area contributed by atoms with Crippen LogP contribution in [0, 0.1) is 20.8 Å². The third kappa shape index (κ3) is 5.80. The van der Waals surface area contributed by atoms with Crippen LogP contribution in [0.4, 0.5) is 34.1 Å². The Morgan fingerprint density at radius 3 is 1.37 bits per heavy atom. The second-order valence-corrected chi connectivity index (χ2v) is 16.3. The van der Waals surface area contributed by atoms with E-state index in [1.165, 1.54) is 100 Å². The fourth-order valence-corrected chi connectivity index (χ4v) is 10.2. The van der Waals surface area contributed by atoms with Gasteiger partial charge in [0.15, 0.2) is 0 Å². The number of nitrogens with zero attached hydrogens (tertiary/aromatic N) is 2. The van der Waals surface area contributed by atoms with Crippen molar-refractivity contribution in [3.05, 3.63) is 223 Å². The zero-order chi connectivity index (χ0) is 40.3. The third-order valence-corrected chi connectivity index (χ3v) is 12.5. The van der Waals surface area contributed by atoms with Crippen molar-refractivity contribution in [2.24, 2.45) is 0 Å². The predicted molar refractivity (Wildman–Crippen MR) is 256 cm³/mol. The van der Waals surface area contributed by atoms with E-state index in [2.05, 4.69) is 237 Å². The van der Waals surface area contributed by atoms with Crippen LogP contribution in [0.3, 0.4) is 0 Å². The van der Waals surface area contributed by atoms with Gasteiger partial charge in [-0.2, -0.15) is 0 Å². The van der Waals surface area contributed by atoms with E-state index in [4.69, 9.17) is 0 Å². The Morgan fingerprint density at radius 2 is 0.817 bits per heavy atom. The van der Waals surface area contributed by atoms with Crippen LogP contribution in [0.2, 0.25) is 0 Å². The molecule has 2 heterocycles. The molecule has 0 spiro atoms. The summed E-state index contributed by atoms with van der Waals surface area (Å²) < 4.78 is 0. The molecule has 2 aliphatic heterocycles. The minimum absolute atomic E-state index is 0.000791. The van der Waals surface area contributed by atoms with Gasteiger partial charge in [-0.25, -0.2) is 0 Å². The van der Waals surface area contributed by atoms with Crippen molar-refractivity contribution in [2.45, 2.75) is 20.8 Å². The molecule has 2 aliphatic rings. The molecule has 0 atom stereocenters. The van der Waals surface area contributed by atoms with E-state index in [9.17, 15) is 0 Å². The van der Waals surface area contributed by atoms with Gasteiger partial charge in [0.05, 0.1) is 0 Å². The molecule has 0 unspecified atom stereocenters. The number of rotatable bonds is 6. The highest BCUT2D eigenvalue weighted by atomic mass is 15.2. The Hall–Kier alpha value is -7.36. The van der Waals surface area contributed by atoms with Crippen molar-refractivity contribution in [2.75, 3.05) is 9.80 Å². The summed E-state index contributed by atoms with van der Waals surface area (Å²) in [6.45, 7) is 6.70. The average molecular weight is 767 g/mol. The molecule has 0 saturated carbocycles. The lowest BCUT2D eigenvalue weighted by molar-refractivity contribution is 1.25. The summed E-state index contributed by atoms with van der Waals surface area (Å²) in [5.41, 5.74) is 24.7. The van der Waals surface area contributed by atoms with Crippen LogP contribution < -0.4 is 26.2 Å². The van der Waals surface area contributed by atoms with Crippen molar-refractivity contribution in [1.29, 1.82) is 0 Å². The second kappa shape index (κ2) is 14.5. The Bertz CT molecular complexity index is 2970. The molecular weight excluding hydrogens is 723 g/mol. The van der Waals surface area contributed by atoms with Gasteiger partial charge in [0.1, 0.15) is 0 Å². The molecule has 3 heteroatoms. The lowest BCUT2D eigenvalue weighted by atomic mass is 9.33. The molecule has 9 aromatic rings. The number of fused-ring (bicyclic) bond motifs is 4. The predicted octanol–water partition coefficient (Wildman–Crippen LogP) is 13.4. The molecule has 0 radical (unpaired) electrons. The van der Waals surface area contributed by atoms with E-state index in [0.717, 1.165) is 11.4 Å². The van der Waals surface area contributed by atoms with Gasteiger partial charge in [0.2, 0.25) is 0 Å². The van der Waals surface area contributed by atoms with Crippen LogP contribution in [0.5, 0.6) is 0 Å². The molecule has 0 aromatic heterocycles. The van der Waals surface area contributed by atoms with Gasteiger partial charge in [-0.05, 0) is 141 Å². The zero-order valence-corrected chi connectivity index (χ0v) is 34.1. The molecule has 9 aromatic carbocycles. The number of aryl methyl sites for hydroxylation is 3. The van der Waals surface area contributed by atoms with Gasteiger partial charge in [-0.15, -0.1) is 0 Å². The fraction of sp³-hybridized carbons (Fsp3) is 0.0526. The van der Waals surface area contributed by atoms with Gasteiger partial charge in [0, 0.05) is 34.1 Å². The summed E-state index contributed by atoms with van der Waals surface area (Å²) in [7, 11) is 0. The van der Waals surface area contributed by atoms with Crippen LogP contribution in [-0.2, 0) is 0 Å². The highest BCUT2D eigenvalue weighted by Gasteiger charge is 2.44. The monoisotopic (exact) mass is 766 g/mol. The number of hydrogen-bond donors (Lipinski definition) is 0. The Labute approximate surface area is 353 Å². The maximum atomic E-state index is 2.53. The van der Waals surface area contributed by atoms with Crippen molar-refractivity contribution in [3.8, 4) is 44.5 Å². The average Bonchev–Trinajstić information content (AvgIpc) is 3.29. The topological polar surface area (TPSA) is 6.48 Å². The zero-order valence-electron chi connectivity index (χ0n) is 34.1. The summed E-state index contributed by atoms with van der Waals surface area (Å²) in [4.78, 5) is 5.03. The second-order valence-electron chi connectivity index (χ2n) is 16.3. The van der Waals surface area contributed by atoms with Crippen LogP contribution >= 0.6 is 0 Å². The smallest absolute Gasteiger partial charge is 0.252 e. The van der Waals surface area contributed by atoms with E-state index in [-0.39, 0.29) is 6.71 Å². The van der Waals surface area contributed by atoms with Gasteiger partial charge in [-0.1, -0.05) is 163 Å². The molecular formula is C57H43BN2. The maximum absolute atomic E-state index is 2.53. The van der Waals surface area contributed by atoms with E-state index < -0.39 is 0 Å². The van der Waals surface area contributed by atoms with E-state index in [1.54, 1.807) is 0 Å². The first kappa shape index (κ1) is 35.8. The van der Waals surface area contributed by atoms with Gasteiger partial charge >= 0.3 is 0 Å². The van der Waals surface area contributed by atoms with Crippen molar-refractivity contribution >= 4 is 57.2 Å². The molecule has 284 valence electrons. The van der Waals surface area contributed by atoms with Crippen molar-refractivity contribution in [1.82, 2.24) is 0 Å². The van der Waals surface area contributed by atoms with Crippen LogP contribution in [0.15, 0.2) is 206 Å². The molecule has 0 aliphatic carbocycles. The standard InChI is InChI=1S/C57H43BN2/c1-38-33-39(2)55(40(3)34-38)43-31-32-52-50(35-43)58-49-29-16-17-30-51(49)59(45-23-12-6-13-24-45)53-36-44(37-54(57(53)58)60(52)46-25-14-7-15-26-46)56-47(41-19-8-4-9-20-41)27-18-28-48(56)42-21-10-5-11-22-42/h4-37H,1-3H3. The van der Waals surface area contributed by atoms with Gasteiger partial charge < -0.3 is 9.80 Å². The van der Waals surface area contributed by atoms with Crippen molar-refractivity contribution < 1.29 is 0 Å². The maximum Gasteiger partial charge on any atom is 0.252 e. The Kier molecular flexibility index (Phi) is 8.64. The summed E-state index contributed by atoms with van der Waals surface area (Å²) in [5, 5.41) is 0. The number of benzene rings is 9. The molecule has 60 heavy (non-hydrogen) atoms. The van der Waals surface area contributed by atoms with E-state index >= 15 is 0 Å². The van der Waals surface area contributed by atoms with Crippen LogP contribution in [-0.4, -0.2) is 6.71 Å². The van der Waals surface area contributed by atoms with Crippen LogP contribution in [0.1, 0.15) is 16.7 Å². The molecule has 0 N–H and O–H groups in total. The summed E-state index contributed by atoms with van der Waals surface area (Å²) in [5.74, 6) is 0. The first-order valence-corrected chi connectivity index (χ1v) is 21.0. The molecule has 0 saturated heterocycles. The SMILES string of the molecule is Cc1cc(C)c(-c2ccc3c(c2)B2c4ccccc4N(c4ccccc4)c4cc(-c5c(-c6ccccc6)cccc5-c5ccccc5)cc(c42)N3c2ccccc2)c(C)c1. The van der Waals surface area contributed by atoms with Crippen molar-refractivity contribution in [3.63, 3.8) is 0 Å². The normalized spacial score (nSPS) is 12.5. The quantitative estimate of drug-likeness (QED) is 0.156. The lowest BCUT2D eigenvalue weighted by Crippen LogP contribution is -2.61. The summed E-state index contributed by atoms with van der Waals surface area (Å²) >= 11 is 0. The number of hydrogen-bond acceptors (Lipinski definition) is 2. The lowest BCUT2D eigenvalue weighted by Gasteiger charge is -2.44. The molecule has 0 bridgehead atoms. The highest BCUT2D eigenvalue weighted by molar-refractivity contribution is 7.00. The third-order valence-electron chi connectivity index (χ3n) is 12.5. The number of anilines is 6. The molecule has 2 nitrogen and oxygen atoms in total. The summed E-state index contributed by atoms with van der Waals surface area (Å²) in [6, 6.07) is 76.3. The summed E-state index contributed by atoms with van der Waals surface area (Å²) in [6.07, 6.45) is 0. The minimum atomic E-state index is -0.000791. The Morgan fingerprint density at radius 1 is 0.333 bits per heavy atom. The van der Waals surface area contributed by atoms with Gasteiger partial charge in [-0.3, -0.25) is 0 Å².